The number of carboxylic acid groups (broad SMARTS) is 1. The highest BCUT2D eigenvalue weighted by Crippen LogP contribution is 2.36. The van der Waals surface area contributed by atoms with Crippen LogP contribution in [0.4, 0.5) is 0 Å². The van der Waals surface area contributed by atoms with Gasteiger partial charge in [0.05, 0.1) is 0 Å². The fourth-order valence-electron chi connectivity index (χ4n) is 1.87. The summed E-state index contributed by atoms with van der Waals surface area (Å²) in [7, 11) is 0. The molecule has 2 rings (SSSR count). The fourth-order valence-corrected chi connectivity index (χ4v) is 1.87. The number of carbonyl (C=O) groups is 1. The molecule has 0 aromatic heterocycles. The molecule has 2 N–H and O–H groups in total. The second-order valence-corrected chi connectivity index (χ2v) is 3.24. The number of hydrogen-bond acceptors (Lipinski definition) is 2. The summed E-state index contributed by atoms with van der Waals surface area (Å²) in [4.78, 5) is 10.5. The largest absolute Gasteiger partial charge is 0.480 e. The van der Waals surface area contributed by atoms with Gasteiger partial charge in [-0.05, 0) is 25.2 Å². The summed E-state index contributed by atoms with van der Waals surface area (Å²) in [5.74, 6) is -0.0181. The molecular weight excluding hydrogens is 130 g/mol. The highest BCUT2D eigenvalue weighted by molar-refractivity contribution is 5.74. The van der Waals surface area contributed by atoms with Crippen LogP contribution in [0, 0.1) is 5.92 Å². The first kappa shape index (κ1) is 6.16. The standard InChI is InChI=1S/C7H11NO2/c9-7(10)6-3-4-1-2-5(4)8-6/h4-6,8H,1-3H2,(H,9,10)/t4-,5-,6-/m0/s1. The average Bonchev–Trinajstić information content (AvgIpc) is 2.09. The van der Waals surface area contributed by atoms with Gasteiger partial charge < -0.3 is 10.4 Å². The zero-order chi connectivity index (χ0) is 7.14. The Morgan fingerprint density at radius 1 is 1.50 bits per heavy atom. The van der Waals surface area contributed by atoms with Gasteiger partial charge in [0, 0.05) is 6.04 Å². The van der Waals surface area contributed by atoms with Gasteiger partial charge >= 0.3 is 5.97 Å². The minimum Gasteiger partial charge on any atom is -0.480 e. The number of hydrogen-bond donors (Lipinski definition) is 2. The van der Waals surface area contributed by atoms with Gasteiger partial charge in [-0.3, -0.25) is 4.79 Å². The van der Waals surface area contributed by atoms with E-state index in [0.29, 0.717) is 12.0 Å². The van der Waals surface area contributed by atoms with Crippen molar-refractivity contribution in [1.82, 2.24) is 5.32 Å². The van der Waals surface area contributed by atoms with Crippen LogP contribution in [0.5, 0.6) is 0 Å². The van der Waals surface area contributed by atoms with Crippen molar-refractivity contribution in [2.75, 3.05) is 0 Å². The Morgan fingerprint density at radius 2 is 2.30 bits per heavy atom. The molecule has 3 atom stereocenters. The number of aliphatic carboxylic acids is 1. The zero-order valence-electron chi connectivity index (χ0n) is 5.71. The summed E-state index contributed by atoms with van der Waals surface area (Å²) < 4.78 is 0. The number of rotatable bonds is 1. The van der Waals surface area contributed by atoms with Gasteiger partial charge in [0.15, 0.2) is 0 Å². The van der Waals surface area contributed by atoms with E-state index in [2.05, 4.69) is 5.32 Å². The van der Waals surface area contributed by atoms with Gasteiger partial charge in [0.2, 0.25) is 0 Å². The van der Waals surface area contributed by atoms with Crippen LogP contribution in [0.1, 0.15) is 19.3 Å². The normalized spacial score (nSPS) is 44.2. The average molecular weight is 141 g/mol. The highest BCUT2D eigenvalue weighted by atomic mass is 16.4. The smallest absolute Gasteiger partial charge is 0.320 e. The van der Waals surface area contributed by atoms with E-state index < -0.39 is 5.97 Å². The molecule has 0 aromatic carbocycles. The summed E-state index contributed by atoms with van der Waals surface area (Å²) in [6.45, 7) is 0. The Balaban J connectivity index is 1.98. The van der Waals surface area contributed by atoms with Crippen molar-refractivity contribution in [1.29, 1.82) is 0 Å². The topological polar surface area (TPSA) is 49.3 Å². The Labute approximate surface area is 59.4 Å². The molecule has 0 unspecified atom stereocenters. The Hall–Kier alpha value is -0.570. The van der Waals surface area contributed by atoms with Gasteiger partial charge in [-0.1, -0.05) is 0 Å². The molecule has 0 radical (unpaired) electrons. The van der Waals surface area contributed by atoms with E-state index >= 15 is 0 Å². The first-order chi connectivity index (χ1) is 4.77. The van der Waals surface area contributed by atoms with Crippen molar-refractivity contribution < 1.29 is 9.90 Å². The fraction of sp³-hybridized carbons (Fsp3) is 0.857. The maximum atomic E-state index is 10.5. The lowest BCUT2D eigenvalue weighted by molar-refractivity contribution is -0.139. The van der Waals surface area contributed by atoms with Gasteiger partial charge in [0.1, 0.15) is 6.04 Å². The second-order valence-electron chi connectivity index (χ2n) is 3.24. The van der Waals surface area contributed by atoms with Gasteiger partial charge in [-0.25, -0.2) is 0 Å². The Morgan fingerprint density at radius 3 is 2.60 bits per heavy atom. The van der Waals surface area contributed by atoms with Crippen LogP contribution < -0.4 is 5.32 Å². The highest BCUT2D eigenvalue weighted by Gasteiger charge is 2.42. The molecule has 1 saturated carbocycles. The maximum Gasteiger partial charge on any atom is 0.320 e. The van der Waals surface area contributed by atoms with Crippen LogP contribution >= 0.6 is 0 Å². The van der Waals surface area contributed by atoms with Crippen molar-refractivity contribution in [3.8, 4) is 0 Å². The third-order valence-corrected chi connectivity index (χ3v) is 2.67. The van der Waals surface area contributed by atoms with E-state index in [-0.39, 0.29) is 6.04 Å². The van der Waals surface area contributed by atoms with Crippen LogP contribution in [0.2, 0.25) is 0 Å². The second kappa shape index (κ2) is 1.95. The third kappa shape index (κ3) is 0.736. The van der Waals surface area contributed by atoms with Crippen molar-refractivity contribution in [3.05, 3.63) is 0 Å². The lowest BCUT2D eigenvalue weighted by Gasteiger charge is -2.29. The maximum absolute atomic E-state index is 10.5. The molecule has 0 aromatic rings. The molecule has 1 aliphatic carbocycles. The quantitative estimate of drug-likeness (QED) is 0.549. The van der Waals surface area contributed by atoms with Gasteiger partial charge in [0.25, 0.3) is 0 Å². The predicted molar refractivity (Wildman–Crippen MR) is 35.7 cm³/mol. The van der Waals surface area contributed by atoms with Crippen molar-refractivity contribution in [2.45, 2.75) is 31.3 Å². The number of fused-ring (bicyclic) bond motifs is 1. The van der Waals surface area contributed by atoms with Crippen molar-refractivity contribution in [2.24, 2.45) is 5.92 Å². The SMILES string of the molecule is O=C(O)[C@@H]1C[C@@H]2CC[C@@H]2N1. The molecule has 0 amide bonds. The molecule has 1 heterocycles. The van der Waals surface area contributed by atoms with E-state index in [1.807, 2.05) is 0 Å². The third-order valence-electron chi connectivity index (χ3n) is 2.67. The summed E-state index contributed by atoms with van der Waals surface area (Å²) in [5.41, 5.74) is 0. The van der Waals surface area contributed by atoms with E-state index in [1.54, 1.807) is 0 Å². The van der Waals surface area contributed by atoms with Gasteiger partial charge in [-0.15, -0.1) is 0 Å². The molecule has 56 valence electrons. The Kier molecular flexibility index (Phi) is 1.20. The summed E-state index contributed by atoms with van der Waals surface area (Å²) in [5, 5.41) is 11.7. The predicted octanol–water partition coefficient (Wildman–Crippen LogP) is 0.212. The number of nitrogens with one attached hydrogen (secondary N) is 1. The molecule has 3 nitrogen and oxygen atoms in total. The molecule has 1 aliphatic heterocycles. The van der Waals surface area contributed by atoms with E-state index in [4.69, 9.17) is 5.11 Å². The molecule has 1 saturated heterocycles. The van der Waals surface area contributed by atoms with Crippen LogP contribution in [0.15, 0.2) is 0 Å². The van der Waals surface area contributed by atoms with Gasteiger partial charge in [-0.2, -0.15) is 0 Å². The molecule has 2 aliphatic rings. The first-order valence-corrected chi connectivity index (χ1v) is 3.76. The molecular formula is C7H11NO2. The van der Waals surface area contributed by atoms with E-state index in [9.17, 15) is 4.79 Å². The summed E-state index contributed by atoms with van der Waals surface area (Å²) in [6.07, 6.45) is 3.25. The lowest BCUT2D eigenvalue weighted by atomic mass is 9.80. The monoisotopic (exact) mass is 141 g/mol. The minimum absolute atomic E-state index is 0.252. The van der Waals surface area contributed by atoms with Crippen LogP contribution in [-0.2, 0) is 4.79 Å². The minimum atomic E-state index is -0.686. The van der Waals surface area contributed by atoms with Crippen molar-refractivity contribution >= 4 is 5.97 Å². The molecule has 0 spiro atoms. The van der Waals surface area contributed by atoms with Crippen LogP contribution in [0.3, 0.4) is 0 Å². The van der Waals surface area contributed by atoms with Crippen molar-refractivity contribution in [3.63, 3.8) is 0 Å². The molecule has 10 heavy (non-hydrogen) atoms. The first-order valence-electron chi connectivity index (χ1n) is 3.76. The molecule has 3 heteroatoms. The summed E-state index contributed by atoms with van der Waals surface area (Å²) in [6, 6.07) is 0.276. The number of carboxylic acids is 1. The van der Waals surface area contributed by atoms with E-state index in [0.717, 1.165) is 6.42 Å². The Bertz CT molecular complexity index is 157. The summed E-state index contributed by atoms with van der Waals surface area (Å²) >= 11 is 0. The molecule has 0 bridgehead atoms. The zero-order valence-corrected chi connectivity index (χ0v) is 5.71. The lowest BCUT2D eigenvalue weighted by Crippen LogP contribution is -2.39. The van der Waals surface area contributed by atoms with E-state index in [1.165, 1.54) is 12.8 Å². The van der Waals surface area contributed by atoms with Crippen LogP contribution in [-0.4, -0.2) is 23.2 Å². The van der Waals surface area contributed by atoms with Crippen LogP contribution in [0.25, 0.3) is 0 Å². The molecule has 2 fully saturated rings.